The molecule has 0 aliphatic carbocycles. The molecule has 2 atom stereocenters. The maximum absolute atomic E-state index is 5.45. The lowest BCUT2D eigenvalue weighted by Crippen LogP contribution is -2.34. The molecule has 1 aromatic rings. The molecular formula is C14H24BrN3O. The molecule has 0 saturated carbocycles. The van der Waals surface area contributed by atoms with Gasteiger partial charge in [0.05, 0.1) is 22.5 Å². The smallest absolute Gasteiger partial charge is 0.0767 e. The molecule has 2 rings (SSSR count). The highest BCUT2D eigenvalue weighted by Gasteiger charge is 2.22. The summed E-state index contributed by atoms with van der Waals surface area (Å²) in [4.78, 5) is 0. The van der Waals surface area contributed by atoms with Gasteiger partial charge in [-0.3, -0.25) is 4.68 Å². The number of aryl methyl sites for hydroxylation is 2. The van der Waals surface area contributed by atoms with E-state index < -0.39 is 0 Å². The Morgan fingerprint density at radius 3 is 2.89 bits per heavy atom. The van der Waals surface area contributed by atoms with Crippen molar-refractivity contribution >= 4 is 15.9 Å². The van der Waals surface area contributed by atoms with E-state index in [0.717, 1.165) is 38.4 Å². The van der Waals surface area contributed by atoms with E-state index in [-0.39, 0.29) is 0 Å². The highest BCUT2D eigenvalue weighted by atomic mass is 79.9. The van der Waals surface area contributed by atoms with Gasteiger partial charge in [-0.05, 0) is 48.5 Å². The van der Waals surface area contributed by atoms with Gasteiger partial charge in [-0.1, -0.05) is 6.92 Å². The zero-order valence-electron chi connectivity index (χ0n) is 12.1. The summed E-state index contributed by atoms with van der Waals surface area (Å²) >= 11 is 3.69. The van der Waals surface area contributed by atoms with E-state index >= 15 is 0 Å². The molecule has 1 aromatic heterocycles. The molecule has 0 spiro atoms. The van der Waals surface area contributed by atoms with E-state index in [1.54, 1.807) is 0 Å². The van der Waals surface area contributed by atoms with Crippen LogP contribution in [0.15, 0.2) is 4.47 Å². The van der Waals surface area contributed by atoms with Crippen LogP contribution in [0.5, 0.6) is 0 Å². The fraction of sp³-hybridized carbons (Fsp3) is 0.786. The number of aromatic nitrogens is 2. The van der Waals surface area contributed by atoms with Crippen LogP contribution in [0, 0.1) is 5.92 Å². The van der Waals surface area contributed by atoms with Crippen LogP contribution >= 0.6 is 15.9 Å². The molecule has 19 heavy (non-hydrogen) atoms. The van der Waals surface area contributed by atoms with Gasteiger partial charge in [-0.25, -0.2) is 0 Å². The topological polar surface area (TPSA) is 39.1 Å². The molecule has 4 nitrogen and oxygen atoms in total. The number of ether oxygens (including phenoxy) is 1. The molecule has 1 aliphatic rings. The highest BCUT2D eigenvalue weighted by Crippen LogP contribution is 2.23. The summed E-state index contributed by atoms with van der Waals surface area (Å²) in [6.07, 6.45) is 2.13. The number of nitrogens with zero attached hydrogens (tertiary/aromatic N) is 2. The van der Waals surface area contributed by atoms with Crippen molar-refractivity contribution in [3.63, 3.8) is 0 Å². The third-order valence-electron chi connectivity index (χ3n) is 3.96. The number of hydrogen-bond acceptors (Lipinski definition) is 3. The van der Waals surface area contributed by atoms with E-state index in [4.69, 9.17) is 4.74 Å². The molecule has 0 bridgehead atoms. The first-order chi connectivity index (χ1) is 9.17. The summed E-state index contributed by atoms with van der Waals surface area (Å²) in [6, 6.07) is 0.486. The highest BCUT2D eigenvalue weighted by molar-refractivity contribution is 9.10. The summed E-state index contributed by atoms with van der Waals surface area (Å²) in [6.45, 7) is 10.1. The number of rotatable bonds is 6. The van der Waals surface area contributed by atoms with Gasteiger partial charge in [-0.15, -0.1) is 0 Å². The minimum absolute atomic E-state index is 0.486. The van der Waals surface area contributed by atoms with Gasteiger partial charge in [0.1, 0.15) is 0 Å². The molecule has 1 saturated heterocycles. The van der Waals surface area contributed by atoms with Crippen LogP contribution in [-0.4, -0.2) is 29.0 Å². The third-order valence-corrected chi connectivity index (χ3v) is 4.87. The van der Waals surface area contributed by atoms with Crippen molar-refractivity contribution in [1.82, 2.24) is 15.1 Å². The molecule has 1 fully saturated rings. The SMILES string of the molecule is CCc1nn(CC)c(CNC(C)C2CCOC2)c1Br. The molecule has 5 heteroatoms. The maximum Gasteiger partial charge on any atom is 0.0767 e. The lowest BCUT2D eigenvalue weighted by atomic mass is 10.0. The average Bonchev–Trinajstić information content (AvgIpc) is 3.04. The summed E-state index contributed by atoms with van der Waals surface area (Å²) in [5, 5.41) is 8.25. The van der Waals surface area contributed by atoms with Gasteiger partial charge in [0.2, 0.25) is 0 Å². The third kappa shape index (κ3) is 3.38. The Hall–Kier alpha value is -0.390. The molecule has 2 unspecified atom stereocenters. The largest absolute Gasteiger partial charge is 0.381 e. The Morgan fingerprint density at radius 2 is 2.32 bits per heavy atom. The van der Waals surface area contributed by atoms with Crippen LogP contribution in [0.1, 0.15) is 38.6 Å². The Kier molecular flexibility index (Phi) is 5.42. The second kappa shape index (κ2) is 6.86. The van der Waals surface area contributed by atoms with Crippen LogP contribution < -0.4 is 5.32 Å². The minimum atomic E-state index is 0.486. The Morgan fingerprint density at radius 1 is 1.53 bits per heavy atom. The van der Waals surface area contributed by atoms with Crippen LogP contribution in [0.3, 0.4) is 0 Å². The van der Waals surface area contributed by atoms with Crippen molar-refractivity contribution < 1.29 is 4.74 Å². The molecule has 0 aromatic carbocycles. The first-order valence-electron chi connectivity index (χ1n) is 7.22. The standard InChI is InChI=1S/C14H24BrN3O/c1-4-12-14(15)13(18(5-2)17-12)8-16-10(3)11-6-7-19-9-11/h10-11,16H,4-9H2,1-3H3. The van der Waals surface area contributed by atoms with Gasteiger partial charge >= 0.3 is 0 Å². The van der Waals surface area contributed by atoms with E-state index in [0.29, 0.717) is 12.0 Å². The van der Waals surface area contributed by atoms with Gasteiger partial charge in [0.25, 0.3) is 0 Å². The number of nitrogens with one attached hydrogen (secondary N) is 1. The van der Waals surface area contributed by atoms with Crippen molar-refractivity contribution in [3.05, 3.63) is 15.9 Å². The van der Waals surface area contributed by atoms with Gasteiger partial charge in [0.15, 0.2) is 0 Å². The van der Waals surface area contributed by atoms with Crippen LogP contribution in [0.25, 0.3) is 0 Å². The average molecular weight is 330 g/mol. The monoisotopic (exact) mass is 329 g/mol. The predicted octanol–water partition coefficient (Wildman–Crippen LogP) is 2.74. The van der Waals surface area contributed by atoms with Gasteiger partial charge in [0, 0.05) is 25.7 Å². The number of hydrogen-bond donors (Lipinski definition) is 1. The Bertz CT molecular complexity index is 413. The van der Waals surface area contributed by atoms with E-state index in [2.05, 4.69) is 51.8 Å². The summed E-state index contributed by atoms with van der Waals surface area (Å²) < 4.78 is 8.71. The predicted molar refractivity (Wildman–Crippen MR) is 80.2 cm³/mol. The van der Waals surface area contributed by atoms with Crippen molar-refractivity contribution in [3.8, 4) is 0 Å². The van der Waals surface area contributed by atoms with E-state index in [1.165, 1.54) is 16.6 Å². The molecule has 2 heterocycles. The van der Waals surface area contributed by atoms with Crippen molar-refractivity contribution in [2.45, 2.75) is 52.7 Å². The van der Waals surface area contributed by atoms with Crippen molar-refractivity contribution in [2.75, 3.05) is 13.2 Å². The lowest BCUT2D eigenvalue weighted by molar-refractivity contribution is 0.178. The first kappa shape index (κ1) is 15.0. The van der Waals surface area contributed by atoms with Gasteiger partial charge < -0.3 is 10.1 Å². The summed E-state index contributed by atoms with van der Waals surface area (Å²) in [7, 11) is 0. The van der Waals surface area contributed by atoms with Crippen LogP contribution in [0.2, 0.25) is 0 Å². The Balaban J connectivity index is 1.99. The molecule has 1 N–H and O–H groups in total. The second-order valence-corrected chi connectivity index (χ2v) is 5.96. The second-order valence-electron chi connectivity index (χ2n) is 5.17. The maximum atomic E-state index is 5.45. The van der Waals surface area contributed by atoms with Crippen molar-refractivity contribution in [1.29, 1.82) is 0 Å². The first-order valence-corrected chi connectivity index (χ1v) is 8.01. The fourth-order valence-electron chi connectivity index (χ4n) is 2.56. The summed E-state index contributed by atoms with van der Waals surface area (Å²) in [5.41, 5.74) is 2.40. The quantitative estimate of drug-likeness (QED) is 0.872. The lowest BCUT2D eigenvalue weighted by Gasteiger charge is -2.19. The van der Waals surface area contributed by atoms with Crippen LogP contribution in [0.4, 0.5) is 0 Å². The van der Waals surface area contributed by atoms with Gasteiger partial charge in [-0.2, -0.15) is 5.10 Å². The van der Waals surface area contributed by atoms with E-state index in [9.17, 15) is 0 Å². The van der Waals surface area contributed by atoms with Crippen molar-refractivity contribution in [2.24, 2.45) is 5.92 Å². The molecule has 1 aliphatic heterocycles. The normalized spacial score (nSPS) is 20.9. The Labute approximate surface area is 124 Å². The molecular weight excluding hydrogens is 306 g/mol. The zero-order chi connectivity index (χ0) is 13.8. The zero-order valence-corrected chi connectivity index (χ0v) is 13.7. The molecule has 108 valence electrons. The van der Waals surface area contributed by atoms with E-state index in [1.807, 2.05) is 0 Å². The molecule has 0 radical (unpaired) electrons. The number of halogens is 1. The summed E-state index contributed by atoms with van der Waals surface area (Å²) in [5.74, 6) is 0.641. The molecule has 0 amide bonds. The minimum Gasteiger partial charge on any atom is -0.381 e. The van der Waals surface area contributed by atoms with Crippen LogP contribution in [-0.2, 0) is 24.2 Å². The fourth-order valence-corrected chi connectivity index (χ4v) is 3.26.